The van der Waals surface area contributed by atoms with Gasteiger partial charge in [-0.25, -0.2) is 4.79 Å². The first-order valence-electron chi connectivity index (χ1n) is 9.91. The molecule has 1 aromatic heterocycles. The van der Waals surface area contributed by atoms with Crippen LogP contribution in [0.1, 0.15) is 16.1 Å². The molecule has 34 heavy (non-hydrogen) atoms. The summed E-state index contributed by atoms with van der Waals surface area (Å²) < 4.78 is 62.5. The van der Waals surface area contributed by atoms with Crippen LogP contribution in [-0.4, -0.2) is 20.2 Å². The Morgan fingerprint density at radius 1 is 0.882 bits per heavy atom. The normalized spacial score (nSPS) is 11.3. The van der Waals surface area contributed by atoms with Crippen molar-refractivity contribution in [1.82, 2.24) is 0 Å². The lowest BCUT2D eigenvalue weighted by Crippen LogP contribution is -2.16. The fourth-order valence-electron chi connectivity index (χ4n) is 3.51. The minimum absolute atomic E-state index is 0.0559. The fourth-order valence-corrected chi connectivity index (χ4v) is 3.51. The Bertz CT molecular complexity index is 1440. The number of hydrogen-bond donors (Lipinski definition) is 0. The molecule has 174 valence electrons. The maximum Gasteiger partial charge on any atom is 0.450 e. The first kappa shape index (κ1) is 22.9. The summed E-state index contributed by atoms with van der Waals surface area (Å²) in [6, 6.07) is 15.8. The molecule has 0 aliphatic rings. The molecule has 4 rings (SSSR count). The molecule has 0 radical (unpaired) electrons. The lowest BCUT2D eigenvalue weighted by molar-refractivity contribution is -0.152. The van der Waals surface area contributed by atoms with Gasteiger partial charge >= 0.3 is 12.1 Å². The maximum absolute atomic E-state index is 13.9. The molecule has 0 aliphatic heterocycles. The number of ether oxygens (including phenoxy) is 3. The lowest BCUT2D eigenvalue weighted by Gasteiger charge is -2.15. The first-order chi connectivity index (χ1) is 16.2. The van der Waals surface area contributed by atoms with Crippen LogP contribution in [0.5, 0.6) is 17.2 Å². The van der Waals surface area contributed by atoms with Gasteiger partial charge in [-0.15, -0.1) is 0 Å². The summed E-state index contributed by atoms with van der Waals surface area (Å²) >= 11 is 0. The number of methoxy groups -OCH3 is 2. The van der Waals surface area contributed by atoms with E-state index in [1.165, 1.54) is 50.6 Å². The number of hydrogen-bond acceptors (Lipinski definition) is 6. The Morgan fingerprint density at radius 2 is 1.53 bits per heavy atom. The second kappa shape index (κ2) is 8.93. The Kier molecular flexibility index (Phi) is 6.02. The number of halogens is 3. The average molecular weight is 470 g/mol. The second-order valence-electron chi connectivity index (χ2n) is 7.08. The molecule has 0 saturated carbocycles. The smallest absolute Gasteiger partial charge is 0.450 e. The summed E-state index contributed by atoms with van der Waals surface area (Å²) in [5.41, 5.74) is -1.90. The van der Waals surface area contributed by atoms with Crippen LogP contribution in [0.15, 0.2) is 75.9 Å². The molecule has 6 nitrogen and oxygen atoms in total. The Labute approximate surface area is 191 Å². The minimum atomic E-state index is -4.98. The molecular weight excluding hydrogens is 453 g/mol. The van der Waals surface area contributed by atoms with Gasteiger partial charge in [0.05, 0.1) is 25.2 Å². The van der Waals surface area contributed by atoms with Crippen LogP contribution in [0.3, 0.4) is 0 Å². The molecule has 0 atom stereocenters. The fraction of sp³-hybridized carbons (Fsp3) is 0.120. The summed E-state index contributed by atoms with van der Waals surface area (Å²) in [5.74, 6) is -2.03. The molecule has 0 aliphatic carbocycles. The summed E-state index contributed by atoms with van der Waals surface area (Å²) in [5, 5.41) is -0.119. The number of carbonyl (C=O) groups is 1. The van der Waals surface area contributed by atoms with E-state index in [-0.39, 0.29) is 39.3 Å². The molecular formula is C25H17F3O6. The van der Waals surface area contributed by atoms with E-state index >= 15 is 0 Å². The van der Waals surface area contributed by atoms with Crippen LogP contribution in [0.4, 0.5) is 13.2 Å². The monoisotopic (exact) mass is 470 g/mol. The van der Waals surface area contributed by atoms with Crippen molar-refractivity contribution in [1.29, 1.82) is 0 Å². The highest BCUT2D eigenvalue weighted by Gasteiger charge is 2.40. The number of carbonyl (C=O) groups excluding carboxylic acids is 1. The van der Waals surface area contributed by atoms with Gasteiger partial charge in [-0.3, -0.25) is 4.79 Å². The molecule has 0 N–H and O–H groups in total. The SMILES string of the molecule is COc1ccccc1C(=O)Oc1ccc2c(=O)c(-c3ccccc3OC)c(C(F)(F)F)oc2c1. The number of esters is 1. The van der Waals surface area contributed by atoms with Gasteiger partial charge < -0.3 is 18.6 Å². The highest BCUT2D eigenvalue weighted by atomic mass is 19.4. The largest absolute Gasteiger partial charge is 0.496 e. The number of benzene rings is 3. The predicted octanol–water partition coefficient (Wildman–Crippen LogP) is 5.72. The van der Waals surface area contributed by atoms with Gasteiger partial charge in [0.25, 0.3) is 0 Å². The van der Waals surface area contributed by atoms with E-state index in [2.05, 4.69) is 0 Å². The molecule has 0 amide bonds. The molecule has 4 aromatic rings. The van der Waals surface area contributed by atoms with E-state index in [0.29, 0.717) is 0 Å². The molecule has 0 bridgehead atoms. The lowest BCUT2D eigenvalue weighted by atomic mass is 10.0. The van der Waals surface area contributed by atoms with Crippen LogP contribution in [0.2, 0.25) is 0 Å². The van der Waals surface area contributed by atoms with E-state index < -0.39 is 28.9 Å². The Morgan fingerprint density at radius 3 is 2.21 bits per heavy atom. The number of alkyl halides is 3. The summed E-state index contributed by atoms with van der Waals surface area (Å²) in [6.45, 7) is 0. The van der Waals surface area contributed by atoms with Crippen molar-refractivity contribution in [2.75, 3.05) is 14.2 Å². The van der Waals surface area contributed by atoms with Crippen molar-refractivity contribution < 1.29 is 36.6 Å². The topological polar surface area (TPSA) is 75.0 Å². The molecule has 0 spiro atoms. The highest BCUT2D eigenvalue weighted by Crippen LogP contribution is 2.40. The molecule has 0 unspecified atom stereocenters. The molecule has 0 fully saturated rings. The van der Waals surface area contributed by atoms with Gasteiger partial charge in [-0.05, 0) is 30.3 Å². The van der Waals surface area contributed by atoms with Crippen molar-refractivity contribution in [3.63, 3.8) is 0 Å². The van der Waals surface area contributed by atoms with E-state index in [1.54, 1.807) is 24.3 Å². The number of para-hydroxylation sites is 2. The van der Waals surface area contributed by atoms with Crippen LogP contribution in [-0.2, 0) is 6.18 Å². The number of fused-ring (bicyclic) bond motifs is 1. The van der Waals surface area contributed by atoms with Gasteiger partial charge in [-0.2, -0.15) is 13.2 Å². The first-order valence-corrected chi connectivity index (χ1v) is 9.91. The highest BCUT2D eigenvalue weighted by molar-refractivity contribution is 5.94. The second-order valence-corrected chi connectivity index (χ2v) is 7.08. The summed E-state index contributed by atoms with van der Waals surface area (Å²) in [6.07, 6.45) is -4.98. The quantitative estimate of drug-likeness (QED) is 0.275. The molecule has 3 aromatic carbocycles. The summed E-state index contributed by atoms with van der Waals surface area (Å²) in [7, 11) is 2.67. The Balaban J connectivity index is 1.85. The number of rotatable bonds is 5. The maximum atomic E-state index is 13.9. The summed E-state index contributed by atoms with van der Waals surface area (Å²) in [4.78, 5) is 25.7. The van der Waals surface area contributed by atoms with Gasteiger partial charge in [0.2, 0.25) is 11.2 Å². The van der Waals surface area contributed by atoms with Crippen molar-refractivity contribution in [3.8, 4) is 28.4 Å². The van der Waals surface area contributed by atoms with E-state index in [4.69, 9.17) is 18.6 Å². The van der Waals surface area contributed by atoms with Gasteiger partial charge in [0.15, 0.2) is 0 Å². The zero-order valence-electron chi connectivity index (χ0n) is 17.9. The standard InChI is InChI=1S/C25H17F3O6/c1-31-18-9-5-3-7-15(18)21-22(29)16-12-11-14(13-20(16)34-23(21)25(26,27)28)33-24(30)17-8-4-6-10-19(17)32-2/h3-13H,1-2H3. The van der Waals surface area contributed by atoms with Gasteiger partial charge in [-0.1, -0.05) is 30.3 Å². The average Bonchev–Trinajstić information content (AvgIpc) is 2.83. The van der Waals surface area contributed by atoms with Crippen molar-refractivity contribution in [2.24, 2.45) is 0 Å². The third-order valence-electron chi connectivity index (χ3n) is 5.04. The van der Waals surface area contributed by atoms with Gasteiger partial charge in [0.1, 0.15) is 28.4 Å². The zero-order valence-corrected chi connectivity index (χ0v) is 17.9. The van der Waals surface area contributed by atoms with Crippen molar-refractivity contribution in [2.45, 2.75) is 6.18 Å². The van der Waals surface area contributed by atoms with Crippen LogP contribution < -0.4 is 19.6 Å². The Hall–Kier alpha value is -4.27. The van der Waals surface area contributed by atoms with E-state index in [0.717, 1.165) is 6.07 Å². The van der Waals surface area contributed by atoms with Crippen LogP contribution in [0.25, 0.3) is 22.1 Å². The van der Waals surface area contributed by atoms with E-state index in [9.17, 15) is 22.8 Å². The van der Waals surface area contributed by atoms with Crippen LogP contribution >= 0.6 is 0 Å². The van der Waals surface area contributed by atoms with Crippen LogP contribution in [0, 0.1) is 0 Å². The van der Waals surface area contributed by atoms with Crippen molar-refractivity contribution in [3.05, 3.63) is 88.3 Å². The van der Waals surface area contributed by atoms with Crippen molar-refractivity contribution >= 4 is 16.9 Å². The molecule has 1 heterocycles. The minimum Gasteiger partial charge on any atom is -0.496 e. The van der Waals surface area contributed by atoms with E-state index in [1.807, 2.05) is 0 Å². The molecule has 9 heteroatoms. The third-order valence-corrected chi connectivity index (χ3v) is 5.04. The third kappa shape index (κ3) is 4.19. The molecule has 0 saturated heterocycles. The zero-order chi connectivity index (χ0) is 24.5. The van der Waals surface area contributed by atoms with Gasteiger partial charge in [0, 0.05) is 11.6 Å². The predicted molar refractivity (Wildman–Crippen MR) is 117 cm³/mol.